The lowest BCUT2D eigenvalue weighted by Gasteiger charge is -2.04. The predicted molar refractivity (Wildman–Crippen MR) is 71.5 cm³/mol. The molecule has 0 saturated carbocycles. The molecule has 1 aromatic rings. The van der Waals surface area contributed by atoms with Gasteiger partial charge in [-0.3, -0.25) is 0 Å². The van der Waals surface area contributed by atoms with Crippen LogP contribution in [0.1, 0.15) is 37.5 Å². The van der Waals surface area contributed by atoms with Crippen molar-refractivity contribution in [2.24, 2.45) is 5.73 Å². The molecule has 17 heavy (non-hydrogen) atoms. The highest BCUT2D eigenvalue weighted by molar-refractivity contribution is 7.91. The fourth-order valence-electron chi connectivity index (χ4n) is 1.44. The Morgan fingerprint density at radius 1 is 1.29 bits per heavy atom. The second-order valence-corrected chi connectivity index (χ2v) is 7.05. The molecule has 0 aliphatic carbocycles. The zero-order valence-corrected chi connectivity index (χ0v) is 11.7. The van der Waals surface area contributed by atoms with E-state index in [0.717, 1.165) is 30.6 Å². The van der Waals surface area contributed by atoms with E-state index in [4.69, 9.17) is 5.73 Å². The van der Waals surface area contributed by atoms with Crippen LogP contribution in [0.2, 0.25) is 0 Å². The monoisotopic (exact) mass is 276 g/mol. The van der Waals surface area contributed by atoms with E-state index in [-0.39, 0.29) is 0 Å². The van der Waals surface area contributed by atoms with Crippen molar-refractivity contribution in [1.82, 2.24) is 4.72 Å². The van der Waals surface area contributed by atoms with Gasteiger partial charge in [0.15, 0.2) is 0 Å². The molecular formula is C11H20N2O2S2. The molecule has 0 radical (unpaired) electrons. The first-order valence-corrected chi connectivity index (χ1v) is 8.18. The zero-order chi connectivity index (χ0) is 12.7. The fraction of sp³-hybridized carbons (Fsp3) is 0.636. The van der Waals surface area contributed by atoms with Crippen molar-refractivity contribution in [3.63, 3.8) is 0 Å². The molecule has 0 bridgehead atoms. The van der Waals surface area contributed by atoms with E-state index in [9.17, 15) is 8.42 Å². The Hall–Kier alpha value is -0.430. The summed E-state index contributed by atoms with van der Waals surface area (Å²) in [6.45, 7) is 3.03. The van der Waals surface area contributed by atoms with Gasteiger partial charge in [0.1, 0.15) is 4.21 Å². The van der Waals surface area contributed by atoms with Crippen LogP contribution < -0.4 is 10.5 Å². The number of unbranched alkanes of at least 4 members (excludes halogenated alkanes) is 3. The van der Waals surface area contributed by atoms with Crippen LogP contribution in [0, 0.1) is 0 Å². The lowest BCUT2D eigenvalue weighted by atomic mass is 10.2. The standard InChI is InChI=1S/C11H20N2O2S2/c1-2-3-4-5-8-13-17(14,15)11-7-6-10(9-12)16-11/h6-7,13H,2-5,8-9,12H2,1H3. The number of thiophene rings is 1. The Morgan fingerprint density at radius 2 is 2.06 bits per heavy atom. The fourth-order valence-corrected chi connectivity index (χ4v) is 3.79. The normalized spacial score (nSPS) is 11.9. The van der Waals surface area contributed by atoms with Crippen molar-refractivity contribution in [3.05, 3.63) is 17.0 Å². The first kappa shape index (κ1) is 14.6. The van der Waals surface area contributed by atoms with Crippen molar-refractivity contribution >= 4 is 21.4 Å². The second kappa shape index (κ2) is 7.10. The molecule has 0 spiro atoms. The van der Waals surface area contributed by atoms with Gasteiger partial charge >= 0.3 is 0 Å². The van der Waals surface area contributed by atoms with Crippen LogP contribution in [0.25, 0.3) is 0 Å². The summed E-state index contributed by atoms with van der Waals surface area (Å²) in [6, 6.07) is 3.37. The minimum Gasteiger partial charge on any atom is -0.326 e. The maximum Gasteiger partial charge on any atom is 0.250 e. The lowest BCUT2D eigenvalue weighted by molar-refractivity contribution is 0.575. The predicted octanol–water partition coefficient (Wildman–Crippen LogP) is 2.07. The van der Waals surface area contributed by atoms with Gasteiger partial charge in [0.2, 0.25) is 10.0 Å². The van der Waals surface area contributed by atoms with E-state index in [0.29, 0.717) is 17.3 Å². The number of hydrogen-bond acceptors (Lipinski definition) is 4. The van der Waals surface area contributed by atoms with E-state index in [1.165, 1.54) is 11.3 Å². The number of sulfonamides is 1. The van der Waals surface area contributed by atoms with E-state index in [1.54, 1.807) is 12.1 Å². The van der Waals surface area contributed by atoms with Crippen molar-refractivity contribution in [2.45, 2.75) is 43.4 Å². The van der Waals surface area contributed by atoms with Gasteiger partial charge in [-0.05, 0) is 18.6 Å². The summed E-state index contributed by atoms with van der Waals surface area (Å²) in [4.78, 5) is 0.886. The molecule has 0 amide bonds. The second-order valence-electron chi connectivity index (χ2n) is 3.88. The van der Waals surface area contributed by atoms with Gasteiger partial charge in [0, 0.05) is 18.0 Å². The minimum atomic E-state index is -3.32. The summed E-state index contributed by atoms with van der Waals surface area (Å²) in [5, 5.41) is 0. The Kier molecular flexibility index (Phi) is 6.11. The largest absolute Gasteiger partial charge is 0.326 e. The topological polar surface area (TPSA) is 72.2 Å². The maximum atomic E-state index is 11.9. The molecule has 0 saturated heterocycles. The molecule has 98 valence electrons. The minimum absolute atomic E-state index is 0.355. The average Bonchev–Trinajstić information content (AvgIpc) is 2.78. The molecular weight excluding hydrogens is 256 g/mol. The molecule has 1 heterocycles. The summed E-state index contributed by atoms with van der Waals surface area (Å²) in [5.74, 6) is 0. The van der Waals surface area contributed by atoms with Crippen LogP contribution in [-0.4, -0.2) is 15.0 Å². The van der Waals surface area contributed by atoms with Crippen LogP contribution in [0.5, 0.6) is 0 Å². The summed E-state index contributed by atoms with van der Waals surface area (Å²) >= 11 is 1.23. The van der Waals surface area contributed by atoms with Crippen LogP contribution in [-0.2, 0) is 16.6 Å². The third-order valence-corrected chi connectivity index (χ3v) is 5.49. The SMILES string of the molecule is CCCCCCNS(=O)(=O)c1ccc(CN)s1. The number of nitrogens with two attached hydrogens (primary N) is 1. The van der Waals surface area contributed by atoms with E-state index < -0.39 is 10.0 Å². The summed E-state index contributed by atoms with van der Waals surface area (Å²) in [7, 11) is -3.32. The number of nitrogens with one attached hydrogen (secondary N) is 1. The molecule has 3 N–H and O–H groups in total. The van der Waals surface area contributed by atoms with Gasteiger partial charge in [0.05, 0.1) is 0 Å². The third-order valence-electron chi connectivity index (χ3n) is 2.43. The lowest BCUT2D eigenvalue weighted by Crippen LogP contribution is -2.23. The van der Waals surface area contributed by atoms with Crippen molar-refractivity contribution in [1.29, 1.82) is 0 Å². The summed E-state index contributed by atoms with van der Waals surface area (Å²) in [6.07, 6.45) is 4.26. The van der Waals surface area contributed by atoms with E-state index >= 15 is 0 Å². The molecule has 0 aliphatic heterocycles. The van der Waals surface area contributed by atoms with E-state index in [1.807, 2.05) is 0 Å². The zero-order valence-electron chi connectivity index (χ0n) is 10.1. The molecule has 0 aromatic carbocycles. The van der Waals surface area contributed by atoms with Gasteiger partial charge in [-0.15, -0.1) is 11.3 Å². The Balaban J connectivity index is 2.45. The van der Waals surface area contributed by atoms with Crippen molar-refractivity contribution in [2.75, 3.05) is 6.54 Å². The number of rotatable bonds is 8. The summed E-state index contributed by atoms with van der Waals surface area (Å²) in [5.41, 5.74) is 5.46. The molecule has 6 heteroatoms. The first-order chi connectivity index (χ1) is 8.10. The van der Waals surface area contributed by atoms with Gasteiger partial charge in [-0.2, -0.15) is 0 Å². The van der Waals surface area contributed by atoms with Gasteiger partial charge in [-0.1, -0.05) is 26.2 Å². The van der Waals surface area contributed by atoms with Gasteiger partial charge in [-0.25, -0.2) is 13.1 Å². The van der Waals surface area contributed by atoms with Crippen LogP contribution in [0.3, 0.4) is 0 Å². The molecule has 0 unspecified atom stereocenters. The van der Waals surface area contributed by atoms with E-state index in [2.05, 4.69) is 11.6 Å². The van der Waals surface area contributed by atoms with Gasteiger partial charge < -0.3 is 5.73 Å². The first-order valence-electron chi connectivity index (χ1n) is 5.88. The molecule has 0 aliphatic rings. The van der Waals surface area contributed by atoms with Crippen molar-refractivity contribution < 1.29 is 8.42 Å². The van der Waals surface area contributed by atoms with Crippen molar-refractivity contribution in [3.8, 4) is 0 Å². The van der Waals surface area contributed by atoms with Crippen LogP contribution >= 0.6 is 11.3 Å². The average molecular weight is 276 g/mol. The highest BCUT2D eigenvalue weighted by Crippen LogP contribution is 2.20. The molecule has 0 fully saturated rings. The Labute approximate surface area is 107 Å². The molecule has 1 aromatic heterocycles. The third kappa shape index (κ3) is 4.75. The Morgan fingerprint density at radius 3 is 2.65 bits per heavy atom. The smallest absolute Gasteiger partial charge is 0.250 e. The highest BCUT2D eigenvalue weighted by Gasteiger charge is 2.15. The van der Waals surface area contributed by atoms with Crippen LogP contribution in [0.15, 0.2) is 16.3 Å². The highest BCUT2D eigenvalue weighted by atomic mass is 32.2. The van der Waals surface area contributed by atoms with Gasteiger partial charge in [0.25, 0.3) is 0 Å². The Bertz CT molecular complexity index is 426. The maximum absolute atomic E-state index is 11.9. The number of hydrogen-bond donors (Lipinski definition) is 2. The summed E-state index contributed by atoms with van der Waals surface area (Å²) < 4.78 is 26.7. The quantitative estimate of drug-likeness (QED) is 0.714. The molecule has 4 nitrogen and oxygen atoms in total. The van der Waals surface area contributed by atoms with Crippen LogP contribution in [0.4, 0.5) is 0 Å². The molecule has 1 rings (SSSR count). The molecule has 0 atom stereocenters.